The molecule has 1 aliphatic rings. The molecule has 27 heavy (non-hydrogen) atoms. The second-order valence-electron chi connectivity index (χ2n) is 6.28. The Morgan fingerprint density at radius 1 is 1.19 bits per heavy atom. The second-order valence-corrected chi connectivity index (χ2v) is 6.28. The number of allylic oxidation sites excluding steroid dienone is 1. The summed E-state index contributed by atoms with van der Waals surface area (Å²) < 4.78 is 1.81. The molecule has 4 bridgehead atoms. The summed E-state index contributed by atoms with van der Waals surface area (Å²) in [5.74, 6) is -0.749. The normalized spacial score (nSPS) is 18.3. The van der Waals surface area contributed by atoms with Gasteiger partial charge in [0, 0.05) is 24.0 Å². The first-order valence-corrected chi connectivity index (χ1v) is 8.61. The average molecular weight is 366 g/mol. The standard InChI is InChI=1S/C19H22N6O2/c1-4-15-13(2)18(26)20-12-24(3)8-9-25-11-14(10-21-25)16-6-5-7-17(22-16)19(27)23-15/h4-7,10-11H,2,8-9,12H2,1,3H3,(H,20,26)(H,23,27)/b15-4+. The Morgan fingerprint density at radius 3 is 2.74 bits per heavy atom. The van der Waals surface area contributed by atoms with Gasteiger partial charge in [0.2, 0.25) is 0 Å². The quantitative estimate of drug-likeness (QED) is 0.683. The summed E-state index contributed by atoms with van der Waals surface area (Å²) in [7, 11) is 1.90. The monoisotopic (exact) mass is 366 g/mol. The molecule has 0 aromatic carbocycles. The van der Waals surface area contributed by atoms with Crippen molar-refractivity contribution in [2.75, 3.05) is 20.3 Å². The summed E-state index contributed by atoms with van der Waals surface area (Å²) in [6.45, 7) is 7.26. The number of fused-ring (bicyclic) bond motifs is 5. The fraction of sp³-hybridized carbons (Fsp3) is 0.263. The van der Waals surface area contributed by atoms with Crippen molar-refractivity contribution >= 4 is 11.8 Å². The van der Waals surface area contributed by atoms with Crippen molar-refractivity contribution < 1.29 is 9.59 Å². The maximum Gasteiger partial charge on any atom is 0.274 e. The minimum absolute atomic E-state index is 0.192. The topological polar surface area (TPSA) is 92.2 Å². The van der Waals surface area contributed by atoms with Crippen LogP contribution in [0.2, 0.25) is 0 Å². The number of amides is 2. The maximum atomic E-state index is 12.6. The lowest BCUT2D eigenvalue weighted by Gasteiger charge is -2.19. The van der Waals surface area contributed by atoms with E-state index >= 15 is 0 Å². The van der Waals surface area contributed by atoms with Gasteiger partial charge >= 0.3 is 0 Å². The Balaban J connectivity index is 1.96. The maximum absolute atomic E-state index is 12.6. The van der Waals surface area contributed by atoms with Gasteiger partial charge < -0.3 is 10.6 Å². The van der Waals surface area contributed by atoms with E-state index in [0.29, 0.717) is 31.1 Å². The number of pyridine rings is 1. The lowest BCUT2D eigenvalue weighted by molar-refractivity contribution is -0.117. The molecule has 2 aromatic heterocycles. The highest BCUT2D eigenvalue weighted by Crippen LogP contribution is 2.17. The molecule has 2 aromatic rings. The molecular weight excluding hydrogens is 344 g/mol. The van der Waals surface area contributed by atoms with Crippen molar-refractivity contribution in [2.45, 2.75) is 13.5 Å². The van der Waals surface area contributed by atoms with E-state index in [0.717, 1.165) is 5.56 Å². The van der Waals surface area contributed by atoms with Crippen LogP contribution in [-0.4, -0.2) is 51.7 Å². The average Bonchev–Trinajstić information content (AvgIpc) is 3.16. The van der Waals surface area contributed by atoms with Gasteiger partial charge in [-0.2, -0.15) is 5.10 Å². The van der Waals surface area contributed by atoms with Gasteiger partial charge in [0.05, 0.1) is 30.7 Å². The number of nitrogens with one attached hydrogen (secondary N) is 2. The minimum atomic E-state index is -0.407. The highest BCUT2D eigenvalue weighted by Gasteiger charge is 2.17. The smallest absolute Gasteiger partial charge is 0.274 e. The van der Waals surface area contributed by atoms with Crippen molar-refractivity contribution in [1.29, 1.82) is 0 Å². The molecule has 0 fully saturated rings. The Kier molecular flexibility index (Phi) is 5.46. The number of rotatable bonds is 0. The van der Waals surface area contributed by atoms with E-state index in [2.05, 4.69) is 27.3 Å². The van der Waals surface area contributed by atoms with E-state index in [1.165, 1.54) is 0 Å². The largest absolute Gasteiger partial charge is 0.339 e. The third-order valence-electron chi connectivity index (χ3n) is 4.27. The zero-order valence-electron chi connectivity index (χ0n) is 15.4. The van der Waals surface area contributed by atoms with Crippen LogP contribution in [0.15, 0.2) is 54.5 Å². The summed E-state index contributed by atoms with van der Waals surface area (Å²) >= 11 is 0. The fourth-order valence-corrected chi connectivity index (χ4v) is 2.64. The van der Waals surface area contributed by atoms with Crippen LogP contribution in [0.5, 0.6) is 0 Å². The second kappa shape index (κ2) is 7.96. The van der Waals surface area contributed by atoms with Gasteiger partial charge in [-0.05, 0) is 26.1 Å². The number of aromatic nitrogens is 3. The third-order valence-corrected chi connectivity index (χ3v) is 4.27. The number of carbonyl (C=O) groups is 2. The van der Waals surface area contributed by atoms with Gasteiger partial charge in [-0.1, -0.05) is 18.7 Å². The van der Waals surface area contributed by atoms with Crippen LogP contribution < -0.4 is 10.6 Å². The van der Waals surface area contributed by atoms with Crippen LogP contribution in [0.3, 0.4) is 0 Å². The van der Waals surface area contributed by atoms with E-state index < -0.39 is 5.91 Å². The summed E-state index contributed by atoms with van der Waals surface area (Å²) in [5, 5.41) is 9.86. The number of likely N-dealkylation sites (N-methyl/N-ethyl adjacent to an activating group) is 1. The zero-order valence-corrected chi connectivity index (χ0v) is 15.4. The third kappa shape index (κ3) is 4.29. The van der Waals surface area contributed by atoms with Gasteiger partial charge in [0.25, 0.3) is 11.8 Å². The van der Waals surface area contributed by atoms with Crippen LogP contribution in [0.1, 0.15) is 17.4 Å². The van der Waals surface area contributed by atoms with E-state index in [9.17, 15) is 9.59 Å². The molecule has 0 saturated carbocycles. The van der Waals surface area contributed by atoms with E-state index in [1.807, 2.05) is 28.9 Å². The van der Waals surface area contributed by atoms with Gasteiger partial charge in [0.1, 0.15) is 5.69 Å². The van der Waals surface area contributed by atoms with Gasteiger partial charge in [-0.3, -0.25) is 19.2 Å². The van der Waals surface area contributed by atoms with E-state index in [1.54, 1.807) is 31.3 Å². The predicted octanol–water partition coefficient (Wildman–Crippen LogP) is 1.15. The van der Waals surface area contributed by atoms with Crippen molar-refractivity contribution in [2.24, 2.45) is 0 Å². The summed E-state index contributed by atoms with van der Waals surface area (Å²) in [6, 6.07) is 5.22. The number of carbonyl (C=O) groups excluding carboxylic acids is 2. The van der Waals surface area contributed by atoms with Crippen molar-refractivity contribution in [3.63, 3.8) is 0 Å². The Labute approximate surface area is 157 Å². The molecule has 1 aliphatic heterocycles. The molecule has 3 rings (SSSR count). The fourth-order valence-electron chi connectivity index (χ4n) is 2.64. The first-order valence-electron chi connectivity index (χ1n) is 8.61. The Morgan fingerprint density at radius 2 is 1.96 bits per heavy atom. The molecule has 3 heterocycles. The van der Waals surface area contributed by atoms with Gasteiger partial charge in [-0.15, -0.1) is 0 Å². The number of hydrogen-bond acceptors (Lipinski definition) is 5. The van der Waals surface area contributed by atoms with Gasteiger partial charge in [-0.25, -0.2) is 4.98 Å². The summed E-state index contributed by atoms with van der Waals surface area (Å²) in [5.41, 5.74) is 2.29. The first kappa shape index (κ1) is 18.5. The van der Waals surface area contributed by atoms with E-state index in [-0.39, 0.29) is 17.2 Å². The molecule has 0 radical (unpaired) electrons. The molecule has 0 spiro atoms. The Hall–Kier alpha value is -3.26. The summed E-state index contributed by atoms with van der Waals surface area (Å²) in [4.78, 5) is 31.3. The highest BCUT2D eigenvalue weighted by atomic mass is 16.2. The lowest BCUT2D eigenvalue weighted by atomic mass is 10.1. The SMILES string of the molecule is C=C1C(=O)NCN(C)CCn2cc(cn2)-c2cccc(n2)C(=O)N/C1=C/C. The van der Waals surface area contributed by atoms with Crippen LogP contribution >= 0.6 is 0 Å². The van der Waals surface area contributed by atoms with Crippen molar-refractivity contribution in [3.05, 3.63) is 60.2 Å². The molecule has 0 atom stereocenters. The zero-order chi connectivity index (χ0) is 19.4. The molecular formula is C19H22N6O2. The number of hydrogen-bond donors (Lipinski definition) is 2. The molecule has 0 unspecified atom stereocenters. The van der Waals surface area contributed by atoms with E-state index in [4.69, 9.17) is 0 Å². The molecule has 140 valence electrons. The lowest BCUT2D eigenvalue weighted by Crippen LogP contribution is -2.39. The predicted molar refractivity (Wildman–Crippen MR) is 101 cm³/mol. The summed E-state index contributed by atoms with van der Waals surface area (Å²) in [6.07, 6.45) is 5.26. The minimum Gasteiger partial charge on any atom is -0.339 e. The molecule has 2 N–H and O–H groups in total. The molecule has 2 amide bonds. The van der Waals surface area contributed by atoms with Crippen LogP contribution in [0.25, 0.3) is 11.3 Å². The molecule has 0 aliphatic carbocycles. The van der Waals surface area contributed by atoms with Crippen LogP contribution in [0, 0.1) is 0 Å². The number of nitrogens with zero attached hydrogens (tertiary/aromatic N) is 4. The molecule has 8 nitrogen and oxygen atoms in total. The van der Waals surface area contributed by atoms with Crippen LogP contribution in [0.4, 0.5) is 0 Å². The highest BCUT2D eigenvalue weighted by molar-refractivity contribution is 6.00. The van der Waals surface area contributed by atoms with Crippen molar-refractivity contribution in [1.82, 2.24) is 30.3 Å². The Bertz CT molecular complexity index is 914. The molecule has 0 saturated heterocycles. The van der Waals surface area contributed by atoms with Crippen LogP contribution in [-0.2, 0) is 11.3 Å². The first-order chi connectivity index (χ1) is 13.0. The van der Waals surface area contributed by atoms with Gasteiger partial charge in [0.15, 0.2) is 0 Å². The molecule has 8 heteroatoms. The van der Waals surface area contributed by atoms with Crippen molar-refractivity contribution in [3.8, 4) is 11.3 Å².